The van der Waals surface area contributed by atoms with Gasteiger partial charge < -0.3 is 14.6 Å². The van der Waals surface area contributed by atoms with E-state index in [-0.39, 0.29) is 11.8 Å². The van der Waals surface area contributed by atoms with Crippen molar-refractivity contribution in [2.24, 2.45) is 0 Å². The minimum Gasteiger partial charge on any atom is -0.462 e. The quantitative estimate of drug-likeness (QED) is 0.752. The summed E-state index contributed by atoms with van der Waals surface area (Å²) in [5.41, 5.74) is 1.38. The average Bonchev–Trinajstić information content (AvgIpc) is 3.40. The summed E-state index contributed by atoms with van der Waals surface area (Å²) in [6.45, 7) is 1.19. The smallest absolute Gasteiger partial charge is 0.271 e. The first kappa shape index (κ1) is 16.5. The predicted octanol–water partition coefficient (Wildman–Crippen LogP) is 2.93. The van der Waals surface area contributed by atoms with Crippen LogP contribution in [0, 0.1) is 0 Å². The number of thiazole rings is 1. The fraction of sp³-hybridized carbons (Fsp3) is 0.211. The lowest BCUT2D eigenvalue weighted by molar-refractivity contribution is -0.129. The number of nitrogens with zero attached hydrogens (tertiary/aromatic N) is 2. The number of nitrogens with one attached hydrogen (secondary N) is 1. The van der Waals surface area contributed by atoms with E-state index in [1.54, 1.807) is 28.7 Å². The van der Waals surface area contributed by atoms with E-state index in [2.05, 4.69) is 10.3 Å². The molecule has 132 valence electrons. The van der Waals surface area contributed by atoms with Crippen LogP contribution in [-0.2, 0) is 11.3 Å². The number of amides is 2. The van der Waals surface area contributed by atoms with Gasteiger partial charge in [-0.2, -0.15) is 0 Å². The highest BCUT2D eigenvalue weighted by atomic mass is 32.1. The third kappa shape index (κ3) is 3.39. The molecule has 0 aliphatic carbocycles. The zero-order valence-corrected chi connectivity index (χ0v) is 14.7. The van der Waals surface area contributed by atoms with Gasteiger partial charge in [-0.15, -0.1) is 11.3 Å². The van der Waals surface area contributed by atoms with E-state index in [0.717, 1.165) is 5.56 Å². The summed E-state index contributed by atoms with van der Waals surface area (Å²) < 4.78 is 5.29. The van der Waals surface area contributed by atoms with Crippen molar-refractivity contribution in [2.75, 3.05) is 6.54 Å². The Hall–Kier alpha value is -2.93. The monoisotopic (exact) mass is 367 g/mol. The molecule has 0 saturated carbocycles. The molecule has 1 unspecified atom stereocenters. The number of aromatic nitrogens is 1. The molecule has 1 aromatic carbocycles. The van der Waals surface area contributed by atoms with Crippen LogP contribution in [-0.4, -0.2) is 34.3 Å². The van der Waals surface area contributed by atoms with Gasteiger partial charge in [0.15, 0.2) is 10.8 Å². The van der Waals surface area contributed by atoms with Crippen LogP contribution < -0.4 is 5.32 Å². The third-order valence-electron chi connectivity index (χ3n) is 4.29. The maximum absolute atomic E-state index is 12.5. The molecule has 1 fully saturated rings. The highest BCUT2D eigenvalue weighted by Gasteiger charge is 2.33. The topological polar surface area (TPSA) is 75.4 Å². The first-order valence-electron chi connectivity index (χ1n) is 8.34. The van der Waals surface area contributed by atoms with Crippen LogP contribution in [0.5, 0.6) is 0 Å². The normalized spacial score (nSPS) is 16.8. The molecule has 3 heterocycles. The average molecular weight is 367 g/mol. The van der Waals surface area contributed by atoms with E-state index >= 15 is 0 Å². The first-order valence-corrected chi connectivity index (χ1v) is 9.21. The Morgan fingerprint density at radius 1 is 1.27 bits per heavy atom. The van der Waals surface area contributed by atoms with Crippen molar-refractivity contribution < 1.29 is 14.0 Å². The Morgan fingerprint density at radius 2 is 2.12 bits per heavy atom. The van der Waals surface area contributed by atoms with Gasteiger partial charge in [-0.05, 0) is 24.1 Å². The van der Waals surface area contributed by atoms with Crippen molar-refractivity contribution in [1.29, 1.82) is 0 Å². The molecule has 0 spiro atoms. The van der Waals surface area contributed by atoms with Crippen LogP contribution in [0.15, 0.2) is 58.5 Å². The van der Waals surface area contributed by atoms with E-state index in [1.165, 1.54) is 11.3 Å². The van der Waals surface area contributed by atoms with Crippen molar-refractivity contribution in [2.45, 2.75) is 19.0 Å². The molecule has 6 nitrogen and oxygen atoms in total. The Bertz CT molecular complexity index is 905. The Kier molecular flexibility index (Phi) is 4.53. The summed E-state index contributed by atoms with van der Waals surface area (Å²) in [6.07, 6.45) is 2.17. The molecule has 26 heavy (non-hydrogen) atoms. The van der Waals surface area contributed by atoms with Gasteiger partial charge in [-0.25, -0.2) is 4.98 Å². The lowest BCUT2D eigenvalue weighted by Crippen LogP contribution is -2.41. The van der Waals surface area contributed by atoms with Gasteiger partial charge in [0.2, 0.25) is 5.91 Å². The zero-order valence-electron chi connectivity index (χ0n) is 13.9. The van der Waals surface area contributed by atoms with Gasteiger partial charge in [0, 0.05) is 18.5 Å². The zero-order chi connectivity index (χ0) is 17.9. The van der Waals surface area contributed by atoms with E-state index in [0.29, 0.717) is 36.0 Å². The Morgan fingerprint density at radius 3 is 2.88 bits per heavy atom. The van der Waals surface area contributed by atoms with Gasteiger partial charge in [0.05, 0.1) is 6.26 Å². The molecule has 1 N–H and O–H groups in total. The lowest BCUT2D eigenvalue weighted by atomic mass is 10.2. The van der Waals surface area contributed by atoms with E-state index in [1.807, 2.05) is 30.3 Å². The summed E-state index contributed by atoms with van der Waals surface area (Å²) in [7, 11) is 0. The third-order valence-corrected chi connectivity index (χ3v) is 5.14. The first-order chi connectivity index (χ1) is 12.7. The van der Waals surface area contributed by atoms with Crippen LogP contribution in [0.3, 0.4) is 0 Å². The molecule has 2 amide bonds. The molecule has 3 aromatic rings. The van der Waals surface area contributed by atoms with Crippen LogP contribution in [0.1, 0.15) is 22.5 Å². The van der Waals surface area contributed by atoms with Gasteiger partial charge in [-0.3, -0.25) is 9.59 Å². The van der Waals surface area contributed by atoms with Crippen molar-refractivity contribution in [3.8, 4) is 10.8 Å². The summed E-state index contributed by atoms with van der Waals surface area (Å²) in [4.78, 5) is 31.0. The van der Waals surface area contributed by atoms with Gasteiger partial charge >= 0.3 is 0 Å². The van der Waals surface area contributed by atoms with Crippen molar-refractivity contribution in [3.05, 3.63) is 65.4 Å². The Balaban J connectivity index is 1.38. The number of rotatable bonds is 5. The fourth-order valence-electron chi connectivity index (χ4n) is 2.96. The van der Waals surface area contributed by atoms with Crippen molar-refractivity contribution >= 4 is 23.2 Å². The van der Waals surface area contributed by atoms with Gasteiger partial charge in [0.1, 0.15) is 11.7 Å². The summed E-state index contributed by atoms with van der Waals surface area (Å²) in [5, 5.41) is 5.12. The molecular weight excluding hydrogens is 350 g/mol. The number of benzene rings is 1. The molecule has 0 bridgehead atoms. The Labute approximate surface area is 154 Å². The molecule has 1 aliphatic heterocycles. The van der Waals surface area contributed by atoms with Crippen molar-refractivity contribution in [1.82, 2.24) is 15.2 Å². The van der Waals surface area contributed by atoms with Crippen LogP contribution in [0.25, 0.3) is 10.8 Å². The number of furan rings is 1. The van der Waals surface area contributed by atoms with Gasteiger partial charge in [-0.1, -0.05) is 30.3 Å². The second-order valence-electron chi connectivity index (χ2n) is 6.08. The number of carbonyl (C=O) groups is 2. The maximum atomic E-state index is 12.5. The van der Waals surface area contributed by atoms with Crippen LogP contribution in [0.2, 0.25) is 0 Å². The van der Waals surface area contributed by atoms with Crippen LogP contribution in [0.4, 0.5) is 0 Å². The summed E-state index contributed by atoms with van der Waals surface area (Å²) in [6, 6.07) is 12.9. The number of likely N-dealkylation sites (tertiary alicyclic amines) is 1. The molecule has 2 aromatic heterocycles. The fourth-order valence-corrected chi connectivity index (χ4v) is 3.72. The van der Waals surface area contributed by atoms with Crippen molar-refractivity contribution in [3.63, 3.8) is 0 Å². The number of hydrogen-bond acceptors (Lipinski definition) is 5. The predicted molar refractivity (Wildman–Crippen MR) is 97.5 cm³/mol. The molecule has 0 radical (unpaired) electrons. The number of hydrogen-bond donors (Lipinski definition) is 1. The van der Waals surface area contributed by atoms with E-state index in [4.69, 9.17) is 4.42 Å². The maximum Gasteiger partial charge on any atom is 0.271 e. The SMILES string of the molecule is O=C(NC1CCN(Cc2ccccc2)C1=O)c1csc(-c2ccco2)n1. The molecule has 4 rings (SSSR count). The second kappa shape index (κ2) is 7.13. The van der Waals surface area contributed by atoms with E-state index in [9.17, 15) is 9.59 Å². The largest absolute Gasteiger partial charge is 0.462 e. The summed E-state index contributed by atoms with van der Waals surface area (Å²) in [5.74, 6) is 0.239. The highest BCUT2D eigenvalue weighted by molar-refractivity contribution is 7.13. The highest BCUT2D eigenvalue weighted by Crippen LogP contribution is 2.24. The minimum absolute atomic E-state index is 0.0521. The lowest BCUT2D eigenvalue weighted by Gasteiger charge is -2.17. The molecule has 1 aliphatic rings. The van der Waals surface area contributed by atoms with Gasteiger partial charge in [0.25, 0.3) is 5.91 Å². The van der Waals surface area contributed by atoms with E-state index < -0.39 is 6.04 Å². The standard InChI is InChI=1S/C19H17N3O3S/c23-17(15-12-26-18(21-15)16-7-4-10-25-16)20-14-8-9-22(19(14)24)11-13-5-2-1-3-6-13/h1-7,10,12,14H,8-9,11H2,(H,20,23). The number of carbonyl (C=O) groups excluding carboxylic acids is 2. The second-order valence-corrected chi connectivity index (χ2v) is 6.93. The molecule has 7 heteroatoms. The van der Waals surface area contributed by atoms with Crippen LogP contribution >= 0.6 is 11.3 Å². The molecule has 1 saturated heterocycles. The molecule has 1 atom stereocenters. The minimum atomic E-state index is -0.500. The summed E-state index contributed by atoms with van der Waals surface area (Å²) >= 11 is 1.34. The molecular formula is C19H17N3O3S.